The molecule has 1 aromatic heterocycles. The van der Waals surface area contributed by atoms with Gasteiger partial charge in [-0.1, -0.05) is 11.3 Å². The third kappa shape index (κ3) is 1.78. The largest absolute Gasteiger partial charge is 0.481 e. The minimum atomic E-state index is -0.841. The van der Waals surface area contributed by atoms with Crippen molar-refractivity contribution in [2.45, 2.75) is 18.3 Å². The summed E-state index contributed by atoms with van der Waals surface area (Å²) in [7, 11) is 1.53. The van der Waals surface area contributed by atoms with E-state index in [2.05, 4.69) is 4.98 Å². The van der Waals surface area contributed by atoms with Gasteiger partial charge in [0, 0.05) is 24.3 Å². The molecular weight excluding hydrogens is 230 g/mol. The van der Waals surface area contributed by atoms with Gasteiger partial charge in [0.15, 0.2) is 0 Å². The van der Waals surface area contributed by atoms with Gasteiger partial charge < -0.3 is 14.6 Å². The van der Waals surface area contributed by atoms with Crippen LogP contribution in [-0.4, -0.2) is 36.4 Å². The molecule has 1 aromatic rings. The van der Waals surface area contributed by atoms with Gasteiger partial charge in [-0.3, -0.25) is 4.79 Å². The average molecular weight is 243 g/mol. The highest BCUT2D eigenvalue weighted by molar-refractivity contribution is 7.13. The number of aromatic nitrogens is 1. The van der Waals surface area contributed by atoms with Gasteiger partial charge in [-0.15, -0.1) is 0 Å². The predicted octanol–water partition coefficient (Wildman–Crippen LogP) is 1.28. The number of ether oxygens (including phenoxy) is 2. The highest BCUT2D eigenvalue weighted by atomic mass is 32.1. The highest BCUT2D eigenvalue weighted by Crippen LogP contribution is 2.39. The van der Waals surface area contributed by atoms with Gasteiger partial charge in [-0.25, -0.2) is 4.98 Å². The molecular formula is C10H13NO4S. The summed E-state index contributed by atoms with van der Waals surface area (Å²) in [4.78, 5) is 16.2. The number of rotatable bonds is 3. The Labute approximate surface area is 97.0 Å². The van der Waals surface area contributed by atoms with Crippen LogP contribution in [0.4, 0.5) is 0 Å². The normalized spacial score (nSPS) is 19.3. The maximum atomic E-state index is 11.5. The molecule has 0 aliphatic carbocycles. The predicted molar refractivity (Wildman–Crippen MR) is 58.0 cm³/mol. The molecule has 0 amide bonds. The molecule has 5 nitrogen and oxygen atoms in total. The molecule has 0 saturated carbocycles. The van der Waals surface area contributed by atoms with E-state index in [-0.39, 0.29) is 0 Å². The van der Waals surface area contributed by atoms with E-state index < -0.39 is 11.4 Å². The van der Waals surface area contributed by atoms with Crippen molar-refractivity contribution >= 4 is 17.3 Å². The fourth-order valence-corrected chi connectivity index (χ4v) is 2.83. The van der Waals surface area contributed by atoms with E-state index in [0.717, 1.165) is 4.88 Å². The van der Waals surface area contributed by atoms with Gasteiger partial charge in [0.05, 0.1) is 7.11 Å². The summed E-state index contributed by atoms with van der Waals surface area (Å²) in [6, 6.07) is 0. The number of methoxy groups -OCH3 is 1. The van der Waals surface area contributed by atoms with Crippen molar-refractivity contribution < 1.29 is 19.4 Å². The van der Waals surface area contributed by atoms with Crippen LogP contribution in [-0.2, 0) is 14.9 Å². The lowest BCUT2D eigenvalue weighted by Gasteiger charge is -2.31. The molecule has 2 heterocycles. The van der Waals surface area contributed by atoms with Crippen molar-refractivity contribution in [1.82, 2.24) is 4.98 Å². The zero-order valence-electron chi connectivity index (χ0n) is 8.93. The molecule has 6 heteroatoms. The Kier molecular flexibility index (Phi) is 3.11. The van der Waals surface area contributed by atoms with E-state index in [0.29, 0.717) is 31.2 Å². The second-order valence-corrected chi connectivity index (χ2v) is 4.69. The first kappa shape index (κ1) is 11.3. The van der Waals surface area contributed by atoms with Gasteiger partial charge in [0.25, 0.3) is 5.19 Å². The molecule has 0 unspecified atom stereocenters. The number of aliphatic carboxylic acids is 1. The maximum Gasteiger partial charge on any atom is 0.315 e. The van der Waals surface area contributed by atoms with Crippen LogP contribution < -0.4 is 4.74 Å². The Balaban J connectivity index is 2.34. The zero-order chi connectivity index (χ0) is 11.6. The molecule has 1 N–H and O–H groups in total. The van der Waals surface area contributed by atoms with Crippen LogP contribution in [0.2, 0.25) is 0 Å². The van der Waals surface area contributed by atoms with Gasteiger partial charge >= 0.3 is 5.97 Å². The van der Waals surface area contributed by atoms with Crippen molar-refractivity contribution in [3.8, 4) is 5.19 Å². The molecule has 1 aliphatic heterocycles. The topological polar surface area (TPSA) is 68.7 Å². The number of carboxylic acids is 1. The average Bonchev–Trinajstić information content (AvgIpc) is 2.78. The standard InChI is InChI=1S/C10H13NO4S/c1-14-9-11-6-7(16-9)10(8(12)13)2-4-15-5-3-10/h6H,2-5H2,1H3,(H,12,13). The number of thiazole rings is 1. The zero-order valence-corrected chi connectivity index (χ0v) is 9.75. The SMILES string of the molecule is COc1ncc(C2(C(=O)O)CCOCC2)s1. The van der Waals surface area contributed by atoms with Gasteiger partial charge in [-0.2, -0.15) is 0 Å². The van der Waals surface area contributed by atoms with Crippen LogP contribution in [0, 0.1) is 0 Å². The number of carboxylic acid groups (broad SMARTS) is 1. The molecule has 1 aliphatic rings. The summed E-state index contributed by atoms with van der Waals surface area (Å²) in [5.74, 6) is -0.804. The third-order valence-corrected chi connectivity index (χ3v) is 4.05. The summed E-state index contributed by atoms with van der Waals surface area (Å²) >= 11 is 1.30. The molecule has 0 atom stereocenters. The minimum Gasteiger partial charge on any atom is -0.481 e. The molecule has 0 radical (unpaired) electrons. The molecule has 2 rings (SSSR count). The maximum absolute atomic E-state index is 11.5. The van der Waals surface area contributed by atoms with E-state index in [1.54, 1.807) is 6.20 Å². The van der Waals surface area contributed by atoms with E-state index in [1.165, 1.54) is 18.4 Å². The third-order valence-electron chi connectivity index (χ3n) is 2.89. The van der Waals surface area contributed by atoms with Gasteiger partial charge in [-0.05, 0) is 12.8 Å². The van der Waals surface area contributed by atoms with E-state index in [9.17, 15) is 9.90 Å². The smallest absolute Gasteiger partial charge is 0.315 e. The van der Waals surface area contributed by atoms with Crippen molar-refractivity contribution in [3.05, 3.63) is 11.1 Å². The number of hydrogen-bond acceptors (Lipinski definition) is 5. The second kappa shape index (κ2) is 4.39. The first-order valence-electron chi connectivity index (χ1n) is 5.00. The van der Waals surface area contributed by atoms with E-state index in [1.807, 2.05) is 0 Å². The first-order valence-corrected chi connectivity index (χ1v) is 5.82. The molecule has 88 valence electrons. The Morgan fingerprint density at radius 1 is 1.62 bits per heavy atom. The summed E-state index contributed by atoms with van der Waals surface area (Å²) in [6.07, 6.45) is 2.59. The summed E-state index contributed by atoms with van der Waals surface area (Å²) in [5, 5.41) is 9.91. The fourth-order valence-electron chi connectivity index (χ4n) is 1.86. The van der Waals surface area contributed by atoms with Crippen LogP contribution in [0.3, 0.4) is 0 Å². The highest BCUT2D eigenvalue weighted by Gasteiger charge is 2.43. The van der Waals surface area contributed by atoms with E-state index in [4.69, 9.17) is 9.47 Å². The van der Waals surface area contributed by atoms with Crippen molar-refractivity contribution in [2.24, 2.45) is 0 Å². The molecule has 0 spiro atoms. The molecule has 16 heavy (non-hydrogen) atoms. The lowest BCUT2D eigenvalue weighted by atomic mass is 9.79. The number of hydrogen-bond donors (Lipinski definition) is 1. The minimum absolute atomic E-state index is 0.479. The van der Waals surface area contributed by atoms with Crippen molar-refractivity contribution in [3.63, 3.8) is 0 Å². The molecule has 0 aromatic carbocycles. The Bertz CT molecular complexity index is 384. The van der Waals surface area contributed by atoms with Crippen LogP contribution in [0.1, 0.15) is 17.7 Å². The second-order valence-electron chi connectivity index (χ2n) is 3.69. The lowest BCUT2D eigenvalue weighted by molar-refractivity contribution is -0.147. The Morgan fingerprint density at radius 3 is 2.81 bits per heavy atom. The van der Waals surface area contributed by atoms with Gasteiger partial charge in [0.1, 0.15) is 5.41 Å². The lowest BCUT2D eigenvalue weighted by Crippen LogP contribution is -2.40. The fraction of sp³-hybridized carbons (Fsp3) is 0.600. The first-order chi connectivity index (χ1) is 7.69. The van der Waals surface area contributed by atoms with Crippen LogP contribution in [0.25, 0.3) is 0 Å². The summed E-state index contributed by atoms with van der Waals surface area (Å²) in [6.45, 7) is 0.957. The van der Waals surface area contributed by atoms with Crippen molar-refractivity contribution in [1.29, 1.82) is 0 Å². The molecule has 1 fully saturated rings. The molecule has 1 saturated heterocycles. The van der Waals surface area contributed by atoms with Crippen LogP contribution >= 0.6 is 11.3 Å². The van der Waals surface area contributed by atoms with Crippen molar-refractivity contribution in [2.75, 3.05) is 20.3 Å². The van der Waals surface area contributed by atoms with Gasteiger partial charge in [0.2, 0.25) is 0 Å². The Hall–Kier alpha value is -1.14. The molecule has 0 bridgehead atoms. The van der Waals surface area contributed by atoms with E-state index >= 15 is 0 Å². The van der Waals surface area contributed by atoms with Crippen LogP contribution in [0.15, 0.2) is 6.20 Å². The summed E-state index contributed by atoms with van der Waals surface area (Å²) in [5.41, 5.74) is -0.841. The number of carbonyl (C=O) groups is 1. The monoisotopic (exact) mass is 243 g/mol. The quantitative estimate of drug-likeness (QED) is 0.866. The summed E-state index contributed by atoms with van der Waals surface area (Å²) < 4.78 is 10.2. The van der Waals surface area contributed by atoms with Crippen LogP contribution in [0.5, 0.6) is 5.19 Å². The Morgan fingerprint density at radius 2 is 2.31 bits per heavy atom. The number of nitrogens with zero attached hydrogens (tertiary/aromatic N) is 1.